The lowest BCUT2D eigenvalue weighted by Crippen LogP contribution is -2.42. The molecule has 0 unspecified atom stereocenters. The molecule has 1 aromatic carbocycles. The molecular weight excluding hydrogens is 304 g/mol. The molecule has 2 saturated heterocycles. The number of fused-ring (bicyclic) bond motifs is 2. The van der Waals surface area contributed by atoms with E-state index in [1.807, 2.05) is 19.1 Å². The second-order valence-corrected chi connectivity index (χ2v) is 7.44. The van der Waals surface area contributed by atoms with Crippen LogP contribution in [0.1, 0.15) is 17.5 Å². The molecule has 2 aliphatic heterocycles. The molecule has 0 radical (unpaired) electrons. The summed E-state index contributed by atoms with van der Waals surface area (Å²) in [6, 6.07) is 8.12. The maximum atomic E-state index is 12.4. The van der Waals surface area contributed by atoms with Crippen LogP contribution in [0.3, 0.4) is 0 Å². The third kappa shape index (κ3) is 2.66. The third-order valence-electron chi connectivity index (χ3n) is 5.67. The average Bonchev–Trinajstić information content (AvgIpc) is 2.94. The Labute approximate surface area is 141 Å². The van der Waals surface area contributed by atoms with Crippen molar-refractivity contribution in [1.82, 2.24) is 9.88 Å². The highest BCUT2D eigenvalue weighted by molar-refractivity contribution is 5.79. The Morgan fingerprint density at radius 1 is 1.42 bits per heavy atom. The van der Waals surface area contributed by atoms with Crippen LogP contribution in [0.15, 0.2) is 29.1 Å². The molecule has 2 fully saturated rings. The van der Waals surface area contributed by atoms with Crippen molar-refractivity contribution >= 4 is 10.9 Å². The van der Waals surface area contributed by atoms with Gasteiger partial charge in [-0.1, -0.05) is 12.1 Å². The van der Waals surface area contributed by atoms with Gasteiger partial charge in [0.15, 0.2) is 0 Å². The Kier molecular flexibility index (Phi) is 3.95. The van der Waals surface area contributed by atoms with Gasteiger partial charge in [-0.25, -0.2) is 0 Å². The van der Waals surface area contributed by atoms with Crippen LogP contribution in [0.4, 0.5) is 0 Å². The zero-order valence-corrected chi connectivity index (χ0v) is 14.0. The molecule has 2 aliphatic rings. The largest absolute Gasteiger partial charge is 0.396 e. The molecule has 5 heteroatoms. The van der Waals surface area contributed by atoms with Crippen molar-refractivity contribution in [3.8, 4) is 0 Å². The van der Waals surface area contributed by atoms with Gasteiger partial charge in [-0.3, -0.25) is 9.69 Å². The van der Waals surface area contributed by atoms with Gasteiger partial charge >= 0.3 is 0 Å². The zero-order valence-electron chi connectivity index (χ0n) is 14.0. The number of aryl methyl sites for hydroxylation is 1. The van der Waals surface area contributed by atoms with Crippen molar-refractivity contribution in [2.75, 3.05) is 32.9 Å². The van der Waals surface area contributed by atoms with Crippen molar-refractivity contribution in [1.29, 1.82) is 0 Å². The number of pyridine rings is 1. The summed E-state index contributed by atoms with van der Waals surface area (Å²) in [5, 5.41) is 10.9. The van der Waals surface area contributed by atoms with Gasteiger partial charge in [0.05, 0.1) is 13.2 Å². The number of H-pyrrole nitrogens is 1. The van der Waals surface area contributed by atoms with Crippen LogP contribution in [0.5, 0.6) is 0 Å². The van der Waals surface area contributed by atoms with Crippen LogP contribution in [0.2, 0.25) is 0 Å². The number of nitrogens with one attached hydrogen (secondary N) is 1. The molecule has 4 rings (SSSR count). The molecular formula is C19H24N2O3. The molecule has 2 atom stereocenters. The first-order valence-electron chi connectivity index (χ1n) is 8.63. The van der Waals surface area contributed by atoms with E-state index in [1.165, 1.54) is 0 Å². The normalized spacial score (nSPS) is 27.5. The topological polar surface area (TPSA) is 65.6 Å². The number of hydrogen-bond donors (Lipinski definition) is 2. The van der Waals surface area contributed by atoms with Crippen molar-refractivity contribution < 1.29 is 9.84 Å². The number of aromatic amines is 1. The number of nitrogens with zero attached hydrogens (tertiary/aromatic N) is 1. The van der Waals surface area contributed by atoms with Gasteiger partial charge in [-0.15, -0.1) is 0 Å². The van der Waals surface area contributed by atoms with E-state index in [-0.39, 0.29) is 17.6 Å². The highest BCUT2D eigenvalue weighted by Crippen LogP contribution is 2.41. The van der Waals surface area contributed by atoms with Crippen LogP contribution in [0.25, 0.3) is 10.9 Å². The fraction of sp³-hybridized carbons (Fsp3) is 0.526. The summed E-state index contributed by atoms with van der Waals surface area (Å²) in [5.41, 5.74) is 2.65. The van der Waals surface area contributed by atoms with E-state index in [1.54, 1.807) is 0 Å². The molecule has 0 amide bonds. The number of likely N-dealkylation sites (tertiary alicyclic amines) is 1. The van der Waals surface area contributed by atoms with Crippen LogP contribution >= 0.6 is 0 Å². The van der Waals surface area contributed by atoms with Gasteiger partial charge in [0.25, 0.3) is 5.56 Å². The van der Waals surface area contributed by atoms with Crippen LogP contribution in [-0.2, 0) is 11.3 Å². The number of hydrogen-bond acceptors (Lipinski definition) is 4. The quantitative estimate of drug-likeness (QED) is 0.899. The van der Waals surface area contributed by atoms with Gasteiger partial charge in [0, 0.05) is 42.7 Å². The molecule has 1 aromatic heterocycles. The molecule has 0 spiro atoms. The number of benzene rings is 1. The molecule has 0 bridgehead atoms. The number of aliphatic hydroxyl groups is 1. The maximum Gasteiger partial charge on any atom is 0.252 e. The molecule has 5 nitrogen and oxygen atoms in total. The fourth-order valence-corrected chi connectivity index (χ4v) is 4.27. The molecule has 0 saturated carbocycles. The first-order chi connectivity index (χ1) is 11.6. The predicted molar refractivity (Wildman–Crippen MR) is 93.0 cm³/mol. The summed E-state index contributed by atoms with van der Waals surface area (Å²) >= 11 is 0. The summed E-state index contributed by atoms with van der Waals surface area (Å²) in [7, 11) is 0. The van der Waals surface area contributed by atoms with E-state index in [0.717, 1.165) is 48.1 Å². The predicted octanol–water partition coefficient (Wildman–Crippen LogP) is 1.67. The minimum absolute atomic E-state index is 0.0164. The van der Waals surface area contributed by atoms with Crippen molar-refractivity contribution in [2.45, 2.75) is 19.9 Å². The first-order valence-corrected chi connectivity index (χ1v) is 8.63. The van der Waals surface area contributed by atoms with Gasteiger partial charge < -0.3 is 14.8 Å². The van der Waals surface area contributed by atoms with Gasteiger partial charge in [-0.05, 0) is 42.3 Å². The van der Waals surface area contributed by atoms with Crippen molar-refractivity contribution in [3.63, 3.8) is 0 Å². The molecule has 128 valence electrons. The second-order valence-electron chi connectivity index (χ2n) is 7.44. The van der Waals surface area contributed by atoms with E-state index >= 15 is 0 Å². The Hall–Kier alpha value is -1.69. The Morgan fingerprint density at radius 3 is 3.08 bits per heavy atom. The summed E-state index contributed by atoms with van der Waals surface area (Å²) in [6.45, 7) is 5.91. The highest BCUT2D eigenvalue weighted by atomic mass is 16.5. The molecule has 2 aromatic rings. The second kappa shape index (κ2) is 5.99. The summed E-state index contributed by atoms with van der Waals surface area (Å²) in [4.78, 5) is 17.7. The lowest BCUT2D eigenvalue weighted by atomic mass is 9.76. The van der Waals surface area contributed by atoms with E-state index in [4.69, 9.17) is 4.74 Å². The maximum absolute atomic E-state index is 12.4. The van der Waals surface area contributed by atoms with Crippen molar-refractivity contribution in [2.24, 2.45) is 11.3 Å². The van der Waals surface area contributed by atoms with Gasteiger partial charge in [0.2, 0.25) is 0 Å². The molecule has 24 heavy (non-hydrogen) atoms. The van der Waals surface area contributed by atoms with Crippen LogP contribution in [-0.4, -0.2) is 47.9 Å². The monoisotopic (exact) mass is 328 g/mol. The number of ether oxygens (including phenoxy) is 1. The molecule has 0 aliphatic carbocycles. The van der Waals surface area contributed by atoms with Crippen LogP contribution < -0.4 is 5.56 Å². The minimum atomic E-state index is -0.154. The van der Waals surface area contributed by atoms with E-state index in [9.17, 15) is 9.90 Å². The lowest BCUT2D eigenvalue weighted by Gasteiger charge is -2.36. The smallest absolute Gasteiger partial charge is 0.252 e. The van der Waals surface area contributed by atoms with Crippen LogP contribution in [0, 0.1) is 18.3 Å². The summed E-state index contributed by atoms with van der Waals surface area (Å²) in [5.74, 6) is 0.457. The SMILES string of the molecule is Cc1ccc2cc(CN3C[C@@H]4CCOC[C@]4(CO)C3)c(=O)[nH]c2c1. The Morgan fingerprint density at radius 2 is 2.29 bits per heavy atom. The lowest BCUT2D eigenvalue weighted by molar-refractivity contribution is -0.0561. The minimum Gasteiger partial charge on any atom is -0.396 e. The average molecular weight is 328 g/mol. The van der Waals surface area contributed by atoms with E-state index < -0.39 is 0 Å². The fourth-order valence-electron chi connectivity index (χ4n) is 4.27. The first kappa shape index (κ1) is 15.8. The molecule has 2 N–H and O–H groups in total. The summed E-state index contributed by atoms with van der Waals surface area (Å²) in [6.07, 6.45) is 0.990. The van der Waals surface area contributed by atoms with Gasteiger partial charge in [-0.2, -0.15) is 0 Å². The third-order valence-corrected chi connectivity index (χ3v) is 5.67. The number of aliphatic hydroxyl groups excluding tert-OH is 1. The molecule has 3 heterocycles. The number of rotatable bonds is 3. The Balaban J connectivity index is 1.59. The highest BCUT2D eigenvalue weighted by Gasteiger charge is 2.48. The Bertz CT molecular complexity index is 816. The van der Waals surface area contributed by atoms with Crippen molar-refractivity contribution in [3.05, 3.63) is 45.7 Å². The van der Waals surface area contributed by atoms with E-state index in [0.29, 0.717) is 19.1 Å². The van der Waals surface area contributed by atoms with E-state index in [2.05, 4.69) is 22.0 Å². The number of aromatic nitrogens is 1. The zero-order chi connectivity index (χ0) is 16.7. The summed E-state index contributed by atoms with van der Waals surface area (Å²) < 4.78 is 5.61. The standard InChI is InChI=1S/C19H24N2O3/c1-13-2-3-14-7-15(18(23)20-17(14)6-13)8-21-9-16-4-5-24-12-19(16,10-21)11-22/h2-3,6-7,16,22H,4-5,8-12H2,1H3,(H,20,23)/t16-,19+/m0/s1. The van der Waals surface area contributed by atoms with Gasteiger partial charge in [0.1, 0.15) is 0 Å².